The number of aromatic nitrogens is 3. The molecule has 0 aliphatic carbocycles. The molecule has 0 saturated carbocycles. The van der Waals surface area contributed by atoms with E-state index in [-0.39, 0.29) is 23.7 Å². The summed E-state index contributed by atoms with van der Waals surface area (Å²) in [4.78, 5) is 22.5. The van der Waals surface area contributed by atoms with Crippen molar-refractivity contribution in [3.05, 3.63) is 54.1 Å². The number of hydrogen-bond donors (Lipinski definition) is 1. The fraction of sp³-hybridized carbons (Fsp3) is 0.316. The highest BCUT2D eigenvalue weighted by Crippen LogP contribution is 2.36. The molecule has 1 aliphatic heterocycles. The van der Waals surface area contributed by atoms with Crippen molar-refractivity contribution >= 4 is 22.9 Å². The van der Waals surface area contributed by atoms with Crippen molar-refractivity contribution in [2.24, 2.45) is 13.0 Å². The zero-order valence-corrected chi connectivity index (χ0v) is 14.7. The van der Waals surface area contributed by atoms with Gasteiger partial charge in [0.25, 0.3) is 0 Å². The second kappa shape index (κ2) is 6.40. The first kappa shape index (κ1) is 16.5. The van der Waals surface area contributed by atoms with Crippen LogP contribution in [0.2, 0.25) is 0 Å². The lowest BCUT2D eigenvalue weighted by Crippen LogP contribution is -2.27. The second-order valence-electron chi connectivity index (χ2n) is 6.68. The topological polar surface area (TPSA) is 63.1 Å². The number of carbonyl (C=O) groups is 1. The van der Waals surface area contributed by atoms with Crippen LogP contribution in [0.5, 0.6) is 0 Å². The van der Waals surface area contributed by atoms with Gasteiger partial charge >= 0.3 is 0 Å². The zero-order valence-electron chi connectivity index (χ0n) is 14.7. The third-order valence-corrected chi connectivity index (χ3v) is 5.13. The number of benzene rings is 1. The second-order valence-corrected chi connectivity index (χ2v) is 6.68. The van der Waals surface area contributed by atoms with Gasteiger partial charge < -0.3 is 14.8 Å². The van der Waals surface area contributed by atoms with E-state index >= 15 is 0 Å². The van der Waals surface area contributed by atoms with Crippen molar-refractivity contribution in [2.45, 2.75) is 12.5 Å². The molecule has 3 aromatic rings. The number of halogens is 1. The Morgan fingerprint density at radius 1 is 1.23 bits per heavy atom. The fourth-order valence-electron chi connectivity index (χ4n) is 3.75. The fourth-order valence-corrected chi connectivity index (χ4v) is 3.75. The minimum absolute atomic E-state index is 0.00980. The third-order valence-electron chi connectivity index (χ3n) is 5.13. The number of para-hydroxylation sites is 1. The molecule has 1 aromatic carbocycles. The summed E-state index contributed by atoms with van der Waals surface area (Å²) < 4.78 is 15.8. The summed E-state index contributed by atoms with van der Waals surface area (Å²) in [6, 6.07) is 8.79. The quantitative estimate of drug-likeness (QED) is 0.783. The van der Waals surface area contributed by atoms with Gasteiger partial charge in [-0.15, -0.1) is 0 Å². The molecule has 7 heteroatoms. The minimum atomic E-state index is -0.336. The third kappa shape index (κ3) is 2.69. The predicted octanol–water partition coefficient (Wildman–Crippen LogP) is 2.74. The molecule has 1 fully saturated rings. The molecule has 134 valence electrons. The van der Waals surface area contributed by atoms with E-state index in [4.69, 9.17) is 0 Å². The Kier molecular flexibility index (Phi) is 4.06. The number of aryl methyl sites for hydroxylation is 1. The summed E-state index contributed by atoms with van der Waals surface area (Å²) in [5.41, 5.74) is 2.15. The van der Waals surface area contributed by atoms with E-state index in [0.29, 0.717) is 24.4 Å². The average molecular weight is 353 g/mol. The molecule has 26 heavy (non-hydrogen) atoms. The standard InChI is InChI=1S/C19H20FN5O/c1-24-15-5-3-4-14(20)17(15)23-19(24)22-11-13-10-16(26)25(2)18(13)12-6-8-21-9-7-12/h3-9,13,18H,10-11H2,1-2H3,(H,22,23)/t13-,18-/m0/s1. The lowest BCUT2D eigenvalue weighted by Gasteiger charge is -2.25. The Hall–Kier alpha value is -2.96. The Morgan fingerprint density at radius 2 is 2.00 bits per heavy atom. The van der Waals surface area contributed by atoms with Crippen molar-refractivity contribution in [2.75, 3.05) is 18.9 Å². The van der Waals surface area contributed by atoms with E-state index in [1.807, 2.05) is 36.9 Å². The van der Waals surface area contributed by atoms with Crippen molar-refractivity contribution in [1.29, 1.82) is 0 Å². The van der Waals surface area contributed by atoms with E-state index in [1.165, 1.54) is 6.07 Å². The first-order chi connectivity index (χ1) is 12.6. The number of rotatable bonds is 4. The number of carbonyl (C=O) groups excluding carboxylic acids is 1. The lowest BCUT2D eigenvalue weighted by atomic mass is 9.94. The highest BCUT2D eigenvalue weighted by atomic mass is 19.1. The molecular formula is C19H20FN5O. The number of hydrogen-bond acceptors (Lipinski definition) is 4. The molecule has 3 heterocycles. The van der Waals surface area contributed by atoms with E-state index in [2.05, 4.69) is 15.3 Å². The summed E-state index contributed by atoms with van der Waals surface area (Å²) in [7, 11) is 3.68. The number of pyridine rings is 1. The van der Waals surface area contributed by atoms with Crippen LogP contribution < -0.4 is 5.32 Å². The van der Waals surface area contributed by atoms with Gasteiger partial charge in [0.1, 0.15) is 5.52 Å². The maximum Gasteiger partial charge on any atom is 0.223 e. The van der Waals surface area contributed by atoms with Gasteiger partial charge in [0.2, 0.25) is 11.9 Å². The van der Waals surface area contributed by atoms with E-state index in [1.54, 1.807) is 23.4 Å². The van der Waals surface area contributed by atoms with Gasteiger partial charge in [-0.05, 0) is 29.8 Å². The van der Waals surface area contributed by atoms with Crippen LogP contribution in [0.4, 0.5) is 10.3 Å². The molecule has 0 radical (unpaired) electrons. The molecule has 2 atom stereocenters. The number of amides is 1. The van der Waals surface area contributed by atoms with Gasteiger partial charge in [0.05, 0.1) is 11.6 Å². The molecule has 0 spiro atoms. The van der Waals surface area contributed by atoms with Crippen LogP contribution in [0.15, 0.2) is 42.7 Å². The highest BCUT2D eigenvalue weighted by molar-refractivity contribution is 5.80. The Bertz CT molecular complexity index is 955. The smallest absolute Gasteiger partial charge is 0.223 e. The Labute approximate surface area is 150 Å². The lowest BCUT2D eigenvalue weighted by molar-refractivity contribution is -0.127. The molecule has 0 bridgehead atoms. The number of nitrogens with one attached hydrogen (secondary N) is 1. The highest BCUT2D eigenvalue weighted by Gasteiger charge is 2.38. The van der Waals surface area contributed by atoms with E-state index < -0.39 is 0 Å². The Morgan fingerprint density at radius 3 is 2.73 bits per heavy atom. The number of likely N-dealkylation sites (tertiary alicyclic amines) is 1. The molecule has 1 saturated heterocycles. The summed E-state index contributed by atoms with van der Waals surface area (Å²) >= 11 is 0. The first-order valence-electron chi connectivity index (χ1n) is 8.56. The zero-order chi connectivity index (χ0) is 18.3. The number of imidazole rings is 1. The van der Waals surface area contributed by atoms with Crippen molar-refractivity contribution in [1.82, 2.24) is 19.4 Å². The summed E-state index contributed by atoms with van der Waals surface area (Å²) in [5.74, 6) is 0.478. The monoisotopic (exact) mass is 353 g/mol. The van der Waals surface area contributed by atoms with Gasteiger partial charge in [-0.3, -0.25) is 9.78 Å². The molecule has 2 aromatic heterocycles. The van der Waals surface area contributed by atoms with Crippen LogP contribution in [0.25, 0.3) is 11.0 Å². The van der Waals surface area contributed by atoms with Crippen LogP contribution in [0, 0.1) is 11.7 Å². The van der Waals surface area contributed by atoms with Crippen LogP contribution in [-0.2, 0) is 11.8 Å². The molecule has 0 unspecified atom stereocenters. The van der Waals surface area contributed by atoms with Crippen LogP contribution >= 0.6 is 0 Å². The maximum absolute atomic E-state index is 13.9. The normalized spacial score (nSPS) is 20.1. The number of anilines is 1. The van der Waals surface area contributed by atoms with Crippen molar-refractivity contribution in [3.63, 3.8) is 0 Å². The summed E-state index contributed by atoms with van der Waals surface area (Å²) in [6.07, 6.45) is 3.95. The van der Waals surface area contributed by atoms with Crippen LogP contribution in [0.3, 0.4) is 0 Å². The van der Waals surface area contributed by atoms with Crippen molar-refractivity contribution in [3.8, 4) is 0 Å². The summed E-state index contributed by atoms with van der Waals surface area (Å²) in [5, 5.41) is 3.30. The van der Waals surface area contributed by atoms with Crippen molar-refractivity contribution < 1.29 is 9.18 Å². The van der Waals surface area contributed by atoms with Crippen LogP contribution in [0.1, 0.15) is 18.0 Å². The maximum atomic E-state index is 13.9. The molecule has 1 aliphatic rings. The first-order valence-corrected chi connectivity index (χ1v) is 8.56. The molecule has 6 nitrogen and oxygen atoms in total. The number of nitrogens with zero attached hydrogens (tertiary/aromatic N) is 4. The largest absolute Gasteiger partial charge is 0.355 e. The van der Waals surface area contributed by atoms with Gasteiger partial charge in [-0.1, -0.05) is 6.07 Å². The van der Waals surface area contributed by atoms with E-state index in [0.717, 1.165) is 11.1 Å². The minimum Gasteiger partial charge on any atom is -0.355 e. The number of fused-ring (bicyclic) bond motifs is 1. The molecule has 1 N–H and O–H groups in total. The van der Waals surface area contributed by atoms with Crippen LogP contribution in [-0.4, -0.2) is 38.9 Å². The molecule has 1 amide bonds. The van der Waals surface area contributed by atoms with Gasteiger partial charge in [0.15, 0.2) is 5.82 Å². The predicted molar refractivity (Wildman–Crippen MR) is 97.0 cm³/mol. The molecule has 4 rings (SSSR count). The van der Waals surface area contributed by atoms with E-state index in [9.17, 15) is 9.18 Å². The van der Waals surface area contributed by atoms with Gasteiger partial charge in [-0.2, -0.15) is 0 Å². The SMILES string of the molecule is CN1C(=O)C[C@@H](CNc2nc3c(F)cccc3n2C)[C@@H]1c1ccncc1. The van der Waals surface area contributed by atoms with Gasteiger partial charge in [-0.25, -0.2) is 9.37 Å². The molecular weight excluding hydrogens is 333 g/mol. The van der Waals surface area contributed by atoms with Gasteiger partial charge in [0, 0.05) is 45.4 Å². The summed E-state index contributed by atoms with van der Waals surface area (Å²) in [6.45, 7) is 0.571. The Balaban J connectivity index is 1.58. The average Bonchev–Trinajstić information content (AvgIpc) is 3.12.